The quantitative estimate of drug-likeness (QED) is 0.527. The summed E-state index contributed by atoms with van der Waals surface area (Å²) < 4.78 is 0. The molecule has 0 radical (unpaired) electrons. The highest BCUT2D eigenvalue weighted by atomic mass is 31.1. The van der Waals surface area contributed by atoms with Gasteiger partial charge in [0, 0.05) is 5.69 Å². The van der Waals surface area contributed by atoms with Gasteiger partial charge in [-0.1, -0.05) is 75.2 Å². The Morgan fingerprint density at radius 3 is 2.23 bits per heavy atom. The lowest BCUT2D eigenvalue weighted by Crippen LogP contribution is -2.19. The molecule has 0 saturated heterocycles. The highest BCUT2D eigenvalue weighted by Crippen LogP contribution is 2.58. The fourth-order valence-corrected chi connectivity index (χ4v) is 4.59. The zero-order valence-electron chi connectivity index (χ0n) is 12.2. The first-order chi connectivity index (χ1) is 10.8. The second-order valence-corrected chi connectivity index (χ2v) is 6.57. The highest BCUT2D eigenvalue weighted by Gasteiger charge is 2.42. The number of nitrogen functional groups attached to an aromatic ring is 1. The van der Waals surface area contributed by atoms with Gasteiger partial charge in [0.25, 0.3) is 0 Å². The Labute approximate surface area is 132 Å². The molecule has 0 fully saturated rings. The van der Waals surface area contributed by atoms with Gasteiger partial charge in [0.2, 0.25) is 0 Å². The van der Waals surface area contributed by atoms with Crippen LogP contribution in [0, 0.1) is 0 Å². The molecule has 0 saturated carbocycles. The molecule has 1 aliphatic carbocycles. The first kappa shape index (κ1) is 13.3. The van der Waals surface area contributed by atoms with Crippen LogP contribution in [0.5, 0.6) is 0 Å². The average Bonchev–Trinajstić information content (AvgIpc) is 2.86. The maximum atomic E-state index is 6.04. The summed E-state index contributed by atoms with van der Waals surface area (Å²) in [7, 11) is 1.07. The fraction of sp³-hybridized carbons (Fsp3) is 0.0500. The number of hydrogen-bond acceptors (Lipinski definition) is 1. The van der Waals surface area contributed by atoms with Crippen LogP contribution < -0.4 is 5.73 Å². The average molecular weight is 301 g/mol. The SMILES string of the molecule is C=PC1(c2ccccc2)c2ccccc2-c2cc(N)ccc21. The molecule has 0 spiro atoms. The molecule has 0 heterocycles. The van der Waals surface area contributed by atoms with Crippen LogP contribution in [0.15, 0.2) is 72.8 Å². The van der Waals surface area contributed by atoms with E-state index in [0.29, 0.717) is 0 Å². The molecule has 0 aromatic heterocycles. The van der Waals surface area contributed by atoms with Crippen molar-refractivity contribution < 1.29 is 0 Å². The molecule has 3 aromatic rings. The van der Waals surface area contributed by atoms with Crippen molar-refractivity contribution in [1.29, 1.82) is 0 Å². The molecule has 1 unspecified atom stereocenters. The first-order valence-corrected chi connectivity index (χ1v) is 8.38. The van der Waals surface area contributed by atoms with Gasteiger partial charge in [-0.3, -0.25) is 0 Å². The van der Waals surface area contributed by atoms with Crippen LogP contribution in [0.1, 0.15) is 16.7 Å². The molecular weight excluding hydrogens is 285 g/mol. The lowest BCUT2D eigenvalue weighted by atomic mass is 9.88. The van der Waals surface area contributed by atoms with E-state index < -0.39 is 0 Å². The van der Waals surface area contributed by atoms with Crippen molar-refractivity contribution in [1.82, 2.24) is 0 Å². The third-order valence-electron chi connectivity index (χ3n) is 4.47. The second-order valence-electron chi connectivity index (χ2n) is 5.59. The molecule has 3 aromatic carbocycles. The molecule has 106 valence electrons. The lowest BCUT2D eigenvalue weighted by molar-refractivity contribution is 0.928. The summed E-state index contributed by atoms with van der Waals surface area (Å²) in [6.07, 6.45) is 4.28. The molecule has 1 nitrogen and oxygen atoms in total. The van der Waals surface area contributed by atoms with Crippen molar-refractivity contribution in [3.05, 3.63) is 89.5 Å². The zero-order valence-corrected chi connectivity index (χ0v) is 13.1. The van der Waals surface area contributed by atoms with Gasteiger partial charge in [0.15, 0.2) is 0 Å². The molecule has 0 bridgehead atoms. The van der Waals surface area contributed by atoms with E-state index in [-0.39, 0.29) is 5.16 Å². The Morgan fingerprint density at radius 1 is 0.773 bits per heavy atom. The Kier molecular flexibility index (Phi) is 2.92. The largest absolute Gasteiger partial charge is 0.399 e. The summed E-state index contributed by atoms with van der Waals surface area (Å²) in [6, 6.07) is 25.5. The molecule has 22 heavy (non-hydrogen) atoms. The number of anilines is 1. The van der Waals surface area contributed by atoms with E-state index >= 15 is 0 Å². The maximum absolute atomic E-state index is 6.04. The molecule has 2 heteroatoms. The molecular formula is C20H16NP. The monoisotopic (exact) mass is 301 g/mol. The van der Waals surface area contributed by atoms with Gasteiger partial charge < -0.3 is 5.73 Å². The van der Waals surface area contributed by atoms with Crippen molar-refractivity contribution in [2.75, 3.05) is 5.73 Å². The van der Waals surface area contributed by atoms with E-state index in [2.05, 4.69) is 73.0 Å². The minimum atomic E-state index is -0.207. The number of nitrogens with two attached hydrogens (primary N) is 1. The van der Waals surface area contributed by atoms with E-state index in [1.54, 1.807) is 0 Å². The number of rotatable bonds is 2. The van der Waals surface area contributed by atoms with E-state index in [1.807, 2.05) is 6.07 Å². The predicted octanol–water partition coefficient (Wildman–Crippen LogP) is 4.92. The summed E-state index contributed by atoms with van der Waals surface area (Å²) in [5, 5.41) is -0.207. The van der Waals surface area contributed by atoms with Crippen molar-refractivity contribution >= 4 is 20.2 Å². The van der Waals surface area contributed by atoms with Crippen LogP contribution in [-0.2, 0) is 5.16 Å². The van der Waals surface area contributed by atoms with Crippen LogP contribution in [0.3, 0.4) is 0 Å². The smallest absolute Gasteiger partial charge is 0.0875 e. The van der Waals surface area contributed by atoms with Gasteiger partial charge in [-0.05, 0) is 39.9 Å². The number of benzene rings is 3. The van der Waals surface area contributed by atoms with Crippen LogP contribution >= 0.6 is 8.20 Å². The third kappa shape index (κ3) is 1.63. The third-order valence-corrected chi connectivity index (χ3v) is 5.68. The molecule has 1 atom stereocenters. The summed E-state index contributed by atoms with van der Waals surface area (Å²) in [5.41, 5.74) is 13.2. The second kappa shape index (κ2) is 4.83. The topological polar surface area (TPSA) is 26.0 Å². The Morgan fingerprint density at radius 2 is 1.45 bits per heavy atom. The van der Waals surface area contributed by atoms with Crippen molar-refractivity contribution in [2.45, 2.75) is 5.16 Å². The van der Waals surface area contributed by atoms with Crippen molar-refractivity contribution in [3.8, 4) is 11.1 Å². The van der Waals surface area contributed by atoms with Crippen LogP contribution in [0.2, 0.25) is 0 Å². The summed E-state index contributed by atoms with van der Waals surface area (Å²) in [5.74, 6) is 0. The van der Waals surface area contributed by atoms with Gasteiger partial charge >= 0.3 is 0 Å². The minimum Gasteiger partial charge on any atom is -0.399 e. The summed E-state index contributed by atoms with van der Waals surface area (Å²) in [6.45, 7) is 0. The molecule has 2 N–H and O–H groups in total. The van der Waals surface area contributed by atoms with Crippen LogP contribution in [-0.4, -0.2) is 6.30 Å². The molecule has 4 rings (SSSR count). The highest BCUT2D eigenvalue weighted by molar-refractivity contribution is 7.39. The van der Waals surface area contributed by atoms with E-state index in [0.717, 1.165) is 13.9 Å². The van der Waals surface area contributed by atoms with Crippen LogP contribution in [0.25, 0.3) is 11.1 Å². The molecule has 0 aliphatic heterocycles. The summed E-state index contributed by atoms with van der Waals surface area (Å²) >= 11 is 0. The standard InChI is InChI=1S/C20H16NP/c1-22-20(14-7-3-2-4-8-14)18-10-6-5-9-16(18)17-13-15(21)11-12-19(17)20/h2-13H,1,21H2. The Balaban J connectivity index is 2.14. The lowest BCUT2D eigenvalue weighted by Gasteiger charge is -2.28. The summed E-state index contributed by atoms with van der Waals surface area (Å²) in [4.78, 5) is 0. The molecule has 0 amide bonds. The van der Waals surface area contributed by atoms with Gasteiger partial charge in [-0.25, -0.2) is 0 Å². The van der Waals surface area contributed by atoms with Crippen LogP contribution in [0.4, 0.5) is 5.69 Å². The Bertz CT molecular complexity index is 870. The molecule has 1 aliphatic rings. The van der Waals surface area contributed by atoms with E-state index in [1.165, 1.54) is 27.8 Å². The normalized spacial score (nSPS) is 18.9. The van der Waals surface area contributed by atoms with Gasteiger partial charge in [-0.15, -0.1) is 0 Å². The van der Waals surface area contributed by atoms with E-state index in [9.17, 15) is 0 Å². The van der Waals surface area contributed by atoms with E-state index in [4.69, 9.17) is 5.73 Å². The number of fused-ring (bicyclic) bond motifs is 3. The Hall–Kier alpha value is -2.37. The zero-order chi connectivity index (χ0) is 15.2. The minimum absolute atomic E-state index is 0.207. The van der Waals surface area contributed by atoms with Crippen molar-refractivity contribution in [2.24, 2.45) is 0 Å². The van der Waals surface area contributed by atoms with Gasteiger partial charge in [-0.2, -0.15) is 0 Å². The fourth-order valence-electron chi connectivity index (χ4n) is 3.53. The van der Waals surface area contributed by atoms with Gasteiger partial charge in [0.05, 0.1) is 5.16 Å². The number of hydrogen-bond donors (Lipinski definition) is 1. The van der Waals surface area contributed by atoms with Gasteiger partial charge in [0.1, 0.15) is 0 Å². The van der Waals surface area contributed by atoms with Crippen molar-refractivity contribution in [3.63, 3.8) is 0 Å². The predicted molar refractivity (Wildman–Crippen MR) is 96.7 cm³/mol. The first-order valence-electron chi connectivity index (χ1n) is 7.30. The maximum Gasteiger partial charge on any atom is 0.0875 e.